The highest BCUT2D eigenvalue weighted by Crippen LogP contribution is 2.28. The lowest BCUT2D eigenvalue weighted by Gasteiger charge is -2.39. The topological polar surface area (TPSA) is 116 Å². The number of likely N-dealkylation sites (tertiary alicyclic amines) is 1. The van der Waals surface area contributed by atoms with E-state index in [9.17, 15) is 14.0 Å². The summed E-state index contributed by atoms with van der Waals surface area (Å²) in [5.74, 6) is 5.53. The number of hydrogen-bond acceptors (Lipinski definition) is 5. The van der Waals surface area contributed by atoms with Crippen LogP contribution in [0.3, 0.4) is 0 Å². The molecule has 2 unspecified atom stereocenters. The molecule has 166 valence electrons. The van der Waals surface area contributed by atoms with Crippen LogP contribution in [0.2, 0.25) is 0 Å². The van der Waals surface area contributed by atoms with Crippen LogP contribution in [-0.2, 0) is 9.59 Å². The Morgan fingerprint density at radius 1 is 1.43 bits per heavy atom. The highest BCUT2D eigenvalue weighted by Gasteiger charge is 2.42. The molecular formula is C21H33FN5O3+. The Kier molecular flexibility index (Phi) is 7.80. The summed E-state index contributed by atoms with van der Waals surface area (Å²) in [7, 11) is 1.56. The first kappa shape index (κ1) is 23.6. The molecule has 9 heteroatoms. The summed E-state index contributed by atoms with van der Waals surface area (Å²) in [4.78, 5) is 27.1. The quantitative estimate of drug-likeness (QED) is 0.440. The summed E-state index contributed by atoms with van der Waals surface area (Å²) >= 11 is 0. The van der Waals surface area contributed by atoms with Gasteiger partial charge in [-0.05, 0) is 30.4 Å². The van der Waals surface area contributed by atoms with Gasteiger partial charge < -0.3 is 20.7 Å². The molecule has 1 aliphatic rings. The smallest absolute Gasteiger partial charge is 0.248 e. The van der Waals surface area contributed by atoms with Gasteiger partial charge in [-0.15, -0.1) is 0 Å². The lowest BCUT2D eigenvalue weighted by atomic mass is 9.85. The molecule has 1 heterocycles. The predicted octanol–water partition coefficient (Wildman–Crippen LogP) is 0.615. The van der Waals surface area contributed by atoms with Crippen LogP contribution >= 0.6 is 0 Å². The maximum absolute atomic E-state index is 13.7. The summed E-state index contributed by atoms with van der Waals surface area (Å²) in [6, 6.07) is 4.88. The number of nitrogens with one attached hydrogen (secondary N) is 1. The van der Waals surface area contributed by atoms with E-state index in [-0.39, 0.29) is 24.2 Å². The van der Waals surface area contributed by atoms with E-state index in [2.05, 4.69) is 11.1 Å². The highest BCUT2D eigenvalue weighted by molar-refractivity contribution is 5.90. The number of nitrogens with two attached hydrogens (primary N) is 1. The number of carbonyl (C=O) groups excluding carboxylic acids is 2. The maximum Gasteiger partial charge on any atom is 0.248 e. The molecule has 2 rings (SSSR count). The molecule has 0 aromatic heterocycles. The third kappa shape index (κ3) is 5.70. The van der Waals surface area contributed by atoms with E-state index in [1.54, 1.807) is 24.1 Å². The van der Waals surface area contributed by atoms with Crippen molar-refractivity contribution in [2.24, 2.45) is 11.3 Å². The van der Waals surface area contributed by atoms with Crippen LogP contribution in [0.1, 0.15) is 33.6 Å². The van der Waals surface area contributed by atoms with Crippen LogP contribution in [0, 0.1) is 11.2 Å². The van der Waals surface area contributed by atoms with Gasteiger partial charge >= 0.3 is 0 Å². The van der Waals surface area contributed by atoms with Crippen molar-refractivity contribution in [1.82, 2.24) is 15.2 Å². The number of para-hydroxylation sites is 1. The molecule has 1 aromatic carbocycles. The van der Waals surface area contributed by atoms with Gasteiger partial charge in [0, 0.05) is 13.6 Å². The van der Waals surface area contributed by atoms with Crippen LogP contribution in [0.4, 0.5) is 4.39 Å². The number of quaternary nitrogens is 1. The van der Waals surface area contributed by atoms with Gasteiger partial charge in [-0.25, -0.2) is 10.2 Å². The number of nitrogens with zero attached hydrogens (tertiary/aromatic N) is 2. The standard InChI is InChI=1S/C21H32FN5O3/c1-21(2,3)18(20(29)26-11-7-9-16(26)19(28)25-4)27(24)12-14(23)13-30-17-10-6-5-8-15(17)22/h5-6,8,10,12,16,18H,7,9,11,13,23-24H2,1-4H3,(H,25,28)/p+1/b14-12-. The van der Waals surface area contributed by atoms with Crippen molar-refractivity contribution < 1.29 is 24.5 Å². The molecule has 1 fully saturated rings. The Bertz CT molecular complexity index is 793. The van der Waals surface area contributed by atoms with Crippen molar-refractivity contribution in [3.05, 3.63) is 42.0 Å². The van der Waals surface area contributed by atoms with Gasteiger partial charge in [0.2, 0.25) is 11.8 Å². The van der Waals surface area contributed by atoms with Gasteiger partial charge in [0.1, 0.15) is 12.1 Å². The van der Waals surface area contributed by atoms with Crippen molar-refractivity contribution in [3.8, 4) is 5.75 Å². The van der Waals surface area contributed by atoms with Gasteiger partial charge in [0.15, 0.2) is 23.9 Å². The van der Waals surface area contributed by atoms with Gasteiger partial charge in [-0.3, -0.25) is 14.6 Å². The number of benzene rings is 1. The number of hydrogen-bond donors (Lipinski definition) is 3. The van der Waals surface area contributed by atoms with Crippen molar-refractivity contribution in [3.63, 3.8) is 0 Å². The SMILES string of the molecule is CNC(=O)C1CCCN1C(=O)C(N(N)/C=C(\[NH3+])COc1ccccc1F)C(C)(C)C. The first-order valence-electron chi connectivity index (χ1n) is 10.0. The second-order valence-corrected chi connectivity index (χ2v) is 8.53. The fourth-order valence-electron chi connectivity index (χ4n) is 3.63. The number of likely N-dealkylation sites (N-methyl/N-ethyl adjacent to an activating group) is 1. The van der Waals surface area contributed by atoms with E-state index in [1.165, 1.54) is 23.3 Å². The number of amides is 2. The largest absolute Gasteiger partial charge is 0.480 e. The minimum atomic E-state index is -0.715. The normalized spacial score (nSPS) is 18.2. The van der Waals surface area contributed by atoms with E-state index in [4.69, 9.17) is 10.6 Å². The number of hydrazine groups is 1. The fraction of sp³-hybridized carbons (Fsp3) is 0.524. The molecule has 0 radical (unpaired) electrons. The summed E-state index contributed by atoms with van der Waals surface area (Å²) in [6.07, 6.45) is 2.91. The van der Waals surface area contributed by atoms with Gasteiger partial charge in [0.25, 0.3) is 0 Å². The van der Waals surface area contributed by atoms with Gasteiger partial charge in [-0.2, -0.15) is 0 Å². The summed E-state index contributed by atoms with van der Waals surface area (Å²) in [5.41, 5.74) is 3.87. The highest BCUT2D eigenvalue weighted by atomic mass is 19.1. The average molecular weight is 423 g/mol. The second kappa shape index (κ2) is 9.90. The molecule has 1 aliphatic heterocycles. The zero-order valence-corrected chi connectivity index (χ0v) is 18.2. The van der Waals surface area contributed by atoms with E-state index in [1.807, 2.05) is 20.8 Å². The molecule has 0 spiro atoms. The zero-order chi connectivity index (χ0) is 22.5. The van der Waals surface area contributed by atoms with E-state index in [0.717, 1.165) is 6.42 Å². The fourth-order valence-corrected chi connectivity index (χ4v) is 3.63. The monoisotopic (exact) mass is 422 g/mol. The summed E-state index contributed by atoms with van der Waals surface area (Å²) < 4.78 is 19.2. The van der Waals surface area contributed by atoms with E-state index < -0.39 is 23.3 Å². The molecule has 8 nitrogen and oxygen atoms in total. The van der Waals surface area contributed by atoms with Crippen LogP contribution in [-0.4, -0.2) is 54.0 Å². The Morgan fingerprint density at radius 3 is 2.70 bits per heavy atom. The number of carbonyl (C=O) groups is 2. The van der Waals surface area contributed by atoms with Crippen LogP contribution in [0.15, 0.2) is 36.2 Å². The van der Waals surface area contributed by atoms with Crippen LogP contribution in [0.25, 0.3) is 0 Å². The Labute approximate surface area is 177 Å². The summed E-state index contributed by atoms with van der Waals surface area (Å²) in [6.45, 7) is 6.26. The average Bonchev–Trinajstić information content (AvgIpc) is 3.15. The molecule has 30 heavy (non-hydrogen) atoms. The maximum atomic E-state index is 13.7. The lowest BCUT2D eigenvalue weighted by Crippen LogP contribution is -2.59. The number of ether oxygens (including phenoxy) is 1. The zero-order valence-electron chi connectivity index (χ0n) is 18.2. The third-order valence-electron chi connectivity index (χ3n) is 5.02. The van der Waals surface area contributed by atoms with Gasteiger partial charge in [0.05, 0.1) is 6.20 Å². The lowest BCUT2D eigenvalue weighted by molar-refractivity contribution is -0.311. The minimum Gasteiger partial charge on any atom is -0.480 e. The molecule has 2 atom stereocenters. The minimum absolute atomic E-state index is 0.0181. The molecule has 1 saturated heterocycles. The molecule has 0 aliphatic carbocycles. The summed E-state index contributed by atoms with van der Waals surface area (Å²) in [5, 5.41) is 3.94. The number of rotatable bonds is 7. The molecule has 0 saturated carbocycles. The number of halogens is 1. The second-order valence-electron chi connectivity index (χ2n) is 8.53. The van der Waals surface area contributed by atoms with E-state index >= 15 is 0 Å². The Morgan fingerprint density at radius 2 is 2.10 bits per heavy atom. The molecule has 0 bridgehead atoms. The third-order valence-corrected chi connectivity index (χ3v) is 5.02. The van der Waals surface area contributed by atoms with Crippen molar-refractivity contribution in [2.75, 3.05) is 20.2 Å². The van der Waals surface area contributed by atoms with E-state index in [0.29, 0.717) is 18.7 Å². The van der Waals surface area contributed by atoms with Crippen molar-refractivity contribution in [2.45, 2.75) is 45.7 Å². The Balaban J connectivity index is 2.15. The van der Waals surface area contributed by atoms with Crippen molar-refractivity contribution >= 4 is 11.8 Å². The predicted molar refractivity (Wildman–Crippen MR) is 111 cm³/mol. The van der Waals surface area contributed by atoms with Crippen LogP contribution in [0.5, 0.6) is 5.75 Å². The van der Waals surface area contributed by atoms with Gasteiger partial charge in [-0.1, -0.05) is 32.9 Å². The van der Waals surface area contributed by atoms with Crippen molar-refractivity contribution in [1.29, 1.82) is 0 Å². The van der Waals surface area contributed by atoms with Crippen LogP contribution < -0.4 is 21.6 Å². The first-order chi connectivity index (χ1) is 14.1. The molecule has 6 N–H and O–H groups in total. The Hall–Kier alpha value is -2.65. The molecular weight excluding hydrogens is 389 g/mol. The molecule has 2 amide bonds. The molecule has 1 aromatic rings. The first-order valence-corrected chi connectivity index (χ1v) is 10.0.